The average Bonchev–Trinajstić information content (AvgIpc) is 2.48. The number of sulfonamides is 1. The third-order valence-electron chi connectivity index (χ3n) is 3.61. The largest absolute Gasteiger partial charge is 0.369 e. The van der Waals surface area contributed by atoms with E-state index in [9.17, 15) is 12.8 Å². The fourth-order valence-electron chi connectivity index (χ4n) is 2.38. The second-order valence-electron chi connectivity index (χ2n) is 5.03. The van der Waals surface area contributed by atoms with Crippen molar-refractivity contribution in [2.24, 2.45) is 0 Å². The normalized spacial score (nSPS) is 17.1. The van der Waals surface area contributed by atoms with Gasteiger partial charge in [0.05, 0.1) is 5.75 Å². The van der Waals surface area contributed by atoms with Crippen LogP contribution in [0.5, 0.6) is 0 Å². The van der Waals surface area contributed by atoms with Crippen molar-refractivity contribution in [2.45, 2.75) is 6.92 Å². The van der Waals surface area contributed by atoms with Crippen LogP contribution in [0.4, 0.5) is 10.1 Å². The smallest absolute Gasteiger partial charge is 0.215 e. The van der Waals surface area contributed by atoms with E-state index in [1.165, 1.54) is 12.1 Å². The number of hydrogen-bond donors (Lipinski definition) is 1. The second-order valence-corrected chi connectivity index (χ2v) is 7.12. The van der Waals surface area contributed by atoms with E-state index < -0.39 is 10.0 Å². The van der Waals surface area contributed by atoms with Gasteiger partial charge < -0.3 is 10.2 Å². The minimum Gasteiger partial charge on any atom is -0.369 e. The second kappa shape index (κ2) is 7.20. The zero-order valence-electron chi connectivity index (χ0n) is 12.3. The van der Waals surface area contributed by atoms with E-state index in [-0.39, 0.29) is 11.6 Å². The van der Waals surface area contributed by atoms with Gasteiger partial charge >= 0.3 is 0 Å². The number of nitrogens with zero attached hydrogens (tertiary/aromatic N) is 2. The van der Waals surface area contributed by atoms with Gasteiger partial charge in [0.15, 0.2) is 0 Å². The number of piperazine rings is 1. The van der Waals surface area contributed by atoms with Crippen LogP contribution in [-0.4, -0.2) is 57.7 Å². The molecule has 1 saturated heterocycles. The Morgan fingerprint density at radius 3 is 2.33 bits per heavy atom. The maximum atomic E-state index is 12.9. The van der Waals surface area contributed by atoms with Gasteiger partial charge in [0.2, 0.25) is 10.0 Å². The predicted octanol–water partition coefficient (Wildman–Crippen LogP) is 0.887. The molecule has 1 fully saturated rings. The predicted molar refractivity (Wildman–Crippen MR) is 82.5 cm³/mol. The monoisotopic (exact) mass is 315 g/mol. The standard InChI is InChI=1S/C14H22FN3O2S/c1-2-16-7-12-21(19,20)18-10-8-17(9-11-18)14-5-3-13(15)4-6-14/h3-6,16H,2,7-12H2,1H3. The third-order valence-corrected chi connectivity index (χ3v) is 5.48. The molecule has 0 bridgehead atoms. The molecular formula is C14H22FN3O2S. The van der Waals surface area contributed by atoms with Crippen LogP contribution in [0.25, 0.3) is 0 Å². The van der Waals surface area contributed by atoms with Crippen molar-refractivity contribution in [1.29, 1.82) is 0 Å². The molecule has 5 nitrogen and oxygen atoms in total. The van der Waals surface area contributed by atoms with Crippen molar-refractivity contribution in [1.82, 2.24) is 9.62 Å². The van der Waals surface area contributed by atoms with Crippen LogP contribution >= 0.6 is 0 Å². The van der Waals surface area contributed by atoms with Gasteiger partial charge in [0, 0.05) is 38.4 Å². The van der Waals surface area contributed by atoms with Crippen molar-refractivity contribution >= 4 is 15.7 Å². The molecule has 0 aliphatic carbocycles. The Bertz CT molecular complexity index is 540. The summed E-state index contributed by atoms with van der Waals surface area (Å²) in [6, 6.07) is 6.30. The van der Waals surface area contributed by atoms with Crippen LogP contribution in [0.3, 0.4) is 0 Å². The van der Waals surface area contributed by atoms with Gasteiger partial charge in [-0.25, -0.2) is 12.8 Å². The molecule has 0 amide bonds. The molecule has 0 radical (unpaired) electrons. The molecule has 1 aliphatic heterocycles. The van der Waals surface area contributed by atoms with Crippen LogP contribution in [0.1, 0.15) is 6.92 Å². The first kappa shape index (κ1) is 16.2. The first-order valence-corrected chi connectivity index (χ1v) is 8.83. The molecule has 1 aromatic rings. The van der Waals surface area contributed by atoms with E-state index in [2.05, 4.69) is 10.2 Å². The summed E-state index contributed by atoms with van der Waals surface area (Å²) in [7, 11) is -3.18. The molecule has 21 heavy (non-hydrogen) atoms. The highest BCUT2D eigenvalue weighted by Crippen LogP contribution is 2.18. The number of benzene rings is 1. The van der Waals surface area contributed by atoms with E-state index in [0.29, 0.717) is 32.7 Å². The average molecular weight is 315 g/mol. The van der Waals surface area contributed by atoms with Gasteiger partial charge in [-0.3, -0.25) is 0 Å². The van der Waals surface area contributed by atoms with Gasteiger partial charge in [-0.2, -0.15) is 4.31 Å². The molecule has 7 heteroatoms. The lowest BCUT2D eigenvalue weighted by Gasteiger charge is -2.35. The molecule has 1 aliphatic rings. The Balaban J connectivity index is 1.89. The Labute approximate surface area is 125 Å². The lowest BCUT2D eigenvalue weighted by Crippen LogP contribution is -2.50. The van der Waals surface area contributed by atoms with Crippen LogP contribution in [0.15, 0.2) is 24.3 Å². The minimum atomic E-state index is -3.18. The summed E-state index contributed by atoms with van der Waals surface area (Å²) in [5, 5.41) is 3.03. The number of nitrogens with one attached hydrogen (secondary N) is 1. The fourth-order valence-corrected chi connectivity index (χ4v) is 3.76. The number of anilines is 1. The Hall–Kier alpha value is -1.18. The van der Waals surface area contributed by atoms with Gasteiger partial charge in [-0.15, -0.1) is 0 Å². The quantitative estimate of drug-likeness (QED) is 0.792. The van der Waals surface area contributed by atoms with E-state index in [1.54, 1.807) is 16.4 Å². The zero-order valence-corrected chi connectivity index (χ0v) is 13.1. The van der Waals surface area contributed by atoms with Crippen LogP contribution < -0.4 is 10.2 Å². The number of rotatable bonds is 6. The molecular weight excluding hydrogens is 293 g/mol. The SMILES string of the molecule is CCNCCS(=O)(=O)N1CCN(c2ccc(F)cc2)CC1. The molecule has 2 rings (SSSR count). The number of halogens is 1. The third kappa shape index (κ3) is 4.39. The van der Waals surface area contributed by atoms with Gasteiger partial charge in [-0.05, 0) is 30.8 Å². The highest BCUT2D eigenvalue weighted by molar-refractivity contribution is 7.89. The Morgan fingerprint density at radius 1 is 1.14 bits per heavy atom. The fraction of sp³-hybridized carbons (Fsp3) is 0.571. The first-order valence-electron chi connectivity index (χ1n) is 7.22. The lowest BCUT2D eigenvalue weighted by molar-refractivity contribution is 0.384. The Morgan fingerprint density at radius 2 is 1.76 bits per heavy atom. The molecule has 1 heterocycles. The molecule has 118 valence electrons. The summed E-state index contributed by atoms with van der Waals surface area (Å²) >= 11 is 0. The summed E-state index contributed by atoms with van der Waals surface area (Å²) in [5.41, 5.74) is 0.932. The molecule has 0 saturated carbocycles. The van der Waals surface area contributed by atoms with Crippen molar-refractivity contribution in [3.8, 4) is 0 Å². The topological polar surface area (TPSA) is 52.7 Å². The number of hydrogen-bond acceptors (Lipinski definition) is 4. The van der Waals surface area contributed by atoms with Gasteiger partial charge in [0.25, 0.3) is 0 Å². The van der Waals surface area contributed by atoms with E-state index in [0.717, 1.165) is 12.2 Å². The van der Waals surface area contributed by atoms with E-state index in [4.69, 9.17) is 0 Å². The zero-order chi connectivity index (χ0) is 15.3. The molecule has 1 N–H and O–H groups in total. The van der Waals surface area contributed by atoms with Crippen molar-refractivity contribution < 1.29 is 12.8 Å². The first-order chi connectivity index (χ1) is 10.0. The summed E-state index contributed by atoms with van der Waals surface area (Å²) in [6.07, 6.45) is 0. The lowest BCUT2D eigenvalue weighted by atomic mass is 10.2. The van der Waals surface area contributed by atoms with Gasteiger partial charge in [0.1, 0.15) is 5.82 Å². The summed E-state index contributed by atoms with van der Waals surface area (Å²) in [6.45, 7) is 5.43. The van der Waals surface area contributed by atoms with Crippen LogP contribution in [0.2, 0.25) is 0 Å². The molecule has 1 aromatic carbocycles. The van der Waals surface area contributed by atoms with Crippen molar-refractivity contribution in [3.63, 3.8) is 0 Å². The molecule has 0 atom stereocenters. The van der Waals surface area contributed by atoms with E-state index >= 15 is 0 Å². The molecule has 0 aromatic heterocycles. The maximum absolute atomic E-state index is 12.9. The summed E-state index contributed by atoms with van der Waals surface area (Å²) in [5.74, 6) is -0.124. The summed E-state index contributed by atoms with van der Waals surface area (Å²) < 4.78 is 38.8. The highest BCUT2D eigenvalue weighted by atomic mass is 32.2. The van der Waals surface area contributed by atoms with Crippen LogP contribution in [0, 0.1) is 5.82 Å². The van der Waals surface area contributed by atoms with Crippen LogP contribution in [-0.2, 0) is 10.0 Å². The molecule has 0 unspecified atom stereocenters. The highest BCUT2D eigenvalue weighted by Gasteiger charge is 2.26. The van der Waals surface area contributed by atoms with Crippen molar-refractivity contribution in [2.75, 3.05) is 49.9 Å². The van der Waals surface area contributed by atoms with E-state index in [1.807, 2.05) is 6.92 Å². The molecule has 0 spiro atoms. The summed E-state index contributed by atoms with van der Waals surface area (Å²) in [4.78, 5) is 2.08. The minimum absolute atomic E-state index is 0.136. The van der Waals surface area contributed by atoms with Gasteiger partial charge in [-0.1, -0.05) is 6.92 Å². The Kier molecular flexibility index (Phi) is 5.55. The van der Waals surface area contributed by atoms with Crippen molar-refractivity contribution in [3.05, 3.63) is 30.1 Å². The maximum Gasteiger partial charge on any atom is 0.215 e.